The van der Waals surface area contributed by atoms with Crippen LogP contribution in [0.1, 0.15) is 46.0 Å². The van der Waals surface area contributed by atoms with E-state index in [0.717, 1.165) is 32.2 Å². The maximum absolute atomic E-state index is 9.98. The van der Waals surface area contributed by atoms with E-state index in [1.807, 2.05) is 0 Å². The lowest BCUT2D eigenvalue weighted by Gasteiger charge is -2.40. The summed E-state index contributed by atoms with van der Waals surface area (Å²) in [6, 6.07) is 0.522. The van der Waals surface area contributed by atoms with Crippen molar-refractivity contribution >= 4 is 0 Å². The van der Waals surface area contributed by atoms with Gasteiger partial charge in [0.05, 0.1) is 17.8 Å². The van der Waals surface area contributed by atoms with Crippen molar-refractivity contribution in [2.24, 2.45) is 0 Å². The number of ether oxygens (including phenoxy) is 1. The molecule has 2 atom stereocenters. The van der Waals surface area contributed by atoms with Crippen molar-refractivity contribution in [3.05, 3.63) is 0 Å². The first-order valence-corrected chi connectivity index (χ1v) is 6.19. The van der Waals surface area contributed by atoms with Crippen molar-refractivity contribution in [3.8, 4) is 0 Å². The highest BCUT2D eigenvalue weighted by Gasteiger charge is 2.35. The van der Waals surface area contributed by atoms with Gasteiger partial charge in [0.25, 0.3) is 0 Å². The van der Waals surface area contributed by atoms with E-state index in [4.69, 9.17) is 4.74 Å². The summed E-state index contributed by atoms with van der Waals surface area (Å²) < 4.78 is 5.69. The minimum Gasteiger partial charge on any atom is -0.389 e. The number of nitrogens with one attached hydrogen (secondary N) is 1. The minimum absolute atomic E-state index is 0.349. The predicted octanol–water partition coefficient (Wildman–Crippen LogP) is 1.45. The molecule has 0 bridgehead atoms. The molecule has 2 unspecified atom stereocenters. The quantitative estimate of drug-likeness (QED) is 0.745. The zero-order valence-corrected chi connectivity index (χ0v) is 9.83. The van der Waals surface area contributed by atoms with Gasteiger partial charge in [0.2, 0.25) is 0 Å². The highest BCUT2D eigenvalue weighted by molar-refractivity contribution is 4.91. The molecule has 1 heterocycles. The van der Waals surface area contributed by atoms with Gasteiger partial charge in [0.15, 0.2) is 0 Å². The average molecular weight is 213 g/mol. The molecule has 0 aromatic rings. The third-order valence-electron chi connectivity index (χ3n) is 3.70. The van der Waals surface area contributed by atoms with Crippen LogP contribution in [-0.4, -0.2) is 35.5 Å². The van der Waals surface area contributed by atoms with Gasteiger partial charge in [-0.3, -0.25) is 0 Å². The van der Waals surface area contributed by atoms with Crippen molar-refractivity contribution in [1.29, 1.82) is 0 Å². The van der Waals surface area contributed by atoms with Crippen LogP contribution < -0.4 is 5.32 Å². The minimum atomic E-state index is -0.398. The Balaban J connectivity index is 1.74. The van der Waals surface area contributed by atoms with Crippen LogP contribution in [0.25, 0.3) is 0 Å². The molecule has 2 rings (SSSR count). The molecule has 0 aromatic carbocycles. The third kappa shape index (κ3) is 2.92. The van der Waals surface area contributed by atoms with Gasteiger partial charge in [-0.25, -0.2) is 0 Å². The fraction of sp³-hybridized carbons (Fsp3) is 1.00. The maximum atomic E-state index is 9.98. The highest BCUT2D eigenvalue weighted by atomic mass is 16.5. The Morgan fingerprint density at radius 1 is 1.27 bits per heavy atom. The molecule has 2 N–H and O–H groups in total. The fourth-order valence-corrected chi connectivity index (χ4v) is 2.67. The van der Waals surface area contributed by atoms with Crippen LogP contribution in [0, 0.1) is 0 Å². The summed E-state index contributed by atoms with van der Waals surface area (Å²) in [6.07, 6.45) is 5.95. The Morgan fingerprint density at radius 3 is 2.33 bits per heavy atom. The zero-order valence-electron chi connectivity index (χ0n) is 9.83. The van der Waals surface area contributed by atoms with Crippen molar-refractivity contribution in [2.75, 3.05) is 6.54 Å². The second-order valence-corrected chi connectivity index (χ2v) is 5.38. The van der Waals surface area contributed by atoms with Crippen LogP contribution in [0.2, 0.25) is 0 Å². The number of aliphatic hydroxyl groups is 1. The molecule has 0 amide bonds. The fourth-order valence-electron chi connectivity index (χ4n) is 2.67. The molecule has 3 nitrogen and oxygen atoms in total. The third-order valence-corrected chi connectivity index (χ3v) is 3.70. The first-order valence-electron chi connectivity index (χ1n) is 6.19. The van der Waals surface area contributed by atoms with Gasteiger partial charge >= 0.3 is 0 Å². The Hall–Kier alpha value is -0.120. The van der Waals surface area contributed by atoms with Gasteiger partial charge < -0.3 is 15.2 Å². The molecule has 1 aliphatic carbocycles. The summed E-state index contributed by atoms with van der Waals surface area (Å²) in [4.78, 5) is 0. The summed E-state index contributed by atoms with van der Waals surface area (Å²) in [5.74, 6) is 0. The van der Waals surface area contributed by atoms with Crippen LogP contribution in [0.4, 0.5) is 0 Å². The molecule has 0 aromatic heterocycles. The highest BCUT2D eigenvalue weighted by Crippen LogP contribution is 2.31. The molecular weight excluding hydrogens is 190 g/mol. The van der Waals surface area contributed by atoms with Crippen LogP contribution in [0.5, 0.6) is 0 Å². The Kier molecular flexibility index (Phi) is 3.33. The lowest BCUT2D eigenvalue weighted by Crippen LogP contribution is -2.51. The molecule has 2 aliphatic rings. The predicted molar refractivity (Wildman–Crippen MR) is 59.8 cm³/mol. The molecule has 15 heavy (non-hydrogen) atoms. The molecule has 0 radical (unpaired) electrons. The van der Waals surface area contributed by atoms with Crippen LogP contribution in [0.15, 0.2) is 0 Å². The Morgan fingerprint density at radius 2 is 1.87 bits per heavy atom. The van der Waals surface area contributed by atoms with Gasteiger partial charge in [-0.2, -0.15) is 0 Å². The van der Waals surface area contributed by atoms with E-state index in [0.29, 0.717) is 18.2 Å². The Bertz CT molecular complexity index is 206. The SMILES string of the molecule is CC1CC(NCC2(O)CCC2)CC(C)O1. The van der Waals surface area contributed by atoms with E-state index in [2.05, 4.69) is 19.2 Å². The first-order chi connectivity index (χ1) is 7.07. The topological polar surface area (TPSA) is 41.5 Å². The van der Waals surface area contributed by atoms with E-state index >= 15 is 0 Å². The van der Waals surface area contributed by atoms with E-state index in [-0.39, 0.29) is 0 Å². The molecule has 1 saturated carbocycles. The van der Waals surface area contributed by atoms with Gasteiger partial charge in [0, 0.05) is 12.6 Å². The van der Waals surface area contributed by atoms with Crippen molar-refractivity contribution in [1.82, 2.24) is 5.32 Å². The molecule has 1 aliphatic heterocycles. The lowest BCUT2D eigenvalue weighted by molar-refractivity contribution is -0.0585. The average Bonchev–Trinajstić information content (AvgIpc) is 2.10. The summed E-state index contributed by atoms with van der Waals surface area (Å²) in [5, 5.41) is 13.5. The maximum Gasteiger partial charge on any atom is 0.0771 e. The zero-order chi connectivity index (χ0) is 10.9. The van der Waals surface area contributed by atoms with Gasteiger partial charge in [-0.15, -0.1) is 0 Å². The standard InChI is InChI=1S/C12H23NO2/c1-9-6-11(7-10(2)15-9)13-8-12(14)4-3-5-12/h9-11,13-14H,3-8H2,1-2H3. The molecule has 2 fully saturated rings. The summed E-state index contributed by atoms with van der Waals surface area (Å²) in [5.41, 5.74) is -0.398. The Labute approximate surface area is 92.2 Å². The van der Waals surface area contributed by atoms with Crippen LogP contribution in [-0.2, 0) is 4.74 Å². The lowest BCUT2D eigenvalue weighted by atomic mass is 9.80. The normalized spacial score (nSPS) is 39.8. The van der Waals surface area contributed by atoms with E-state index < -0.39 is 5.60 Å². The van der Waals surface area contributed by atoms with Gasteiger partial charge in [0.1, 0.15) is 0 Å². The molecule has 0 spiro atoms. The smallest absolute Gasteiger partial charge is 0.0771 e. The van der Waals surface area contributed by atoms with E-state index in [9.17, 15) is 5.11 Å². The summed E-state index contributed by atoms with van der Waals surface area (Å²) in [7, 11) is 0. The number of hydrogen-bond acceptors (Lipinski definition) is 3. The van der Waals surface area contributed by atoms with Gasteiger partial charge in [-0.1, -0.05) is 0 Å². The molecular formula is C12H23NO2. The molecule has 3 heteroatoms. The van der Waals surface area contributed by atoms with E-state index in [1.165, 1.54) is 6.42 Å². The monoisotopic (exact) mass is 213 g/mol. The van der Waals surface area contributed by atoms with Crippen molar-refractivity contribution < 1.29 is 9.84 Å². The first kappa shape index (κ1) is 11.4. The van der Waals surface area contributed by atoms with Crippen molar-refractivity contribution in [3.63, 3.8) is 0 Å². The molecule has 1 saturated heterocycles. The largest absolute Gasteiger partial charge is 0.389 e. The van der Waals surface area contributed by atoms with Gasteiger partial charge in [-0.05, 0) is 46.0 Å². The summed E-state index contributed by atoms with van der Waals surface area (Å²) >= 11 is 0. The summed E-state index contributed by atoms with van der Waals surface area (Å²) in [6.45, 7) is 5.02. The van der Waals surface area contributed by atoms with Crippen LogP contribution in [0.3, 0.4) is 0 Å². The molecule has 88 valence electrons. The van der Waals surface area contributed by atoms with Crippen LogP contribution >= 0.6 is 0 Å². The number of rotatable bonds is 3. The van der Waals surface area contributed by atoms with Crippen molar-refractivity contribution in [2.45, 2.75) is 69.8 Å². The second-order valence-electron chi connectivity index (χ2n) is 5.38. The second kappa shape index (κ2) is 4.40. The number of hydrogen-bond donors (Lipinski definition) is 2. The van der Waals surface area contributed by atoms with E-state index in [1.54, 1.807) is 0 Å².